The molecular formula is C27H41N7O3. The maximum Gasteiger partial charge on any atom is 0.242 e. The molecule has 4 rings (SSSR count). The summed E-state index contributed by atoms with van der Waals surface area (Å²) in [5, 5.41) is 2.54. The third-order valence-electron chi connectivity index (χ3n) is 7.50. The molecule has 2 saturated heterocycles. The minimum atomic E-state index is -0.892. The number of piperazine rings is 1. The van der Waals surface area contributed by atoms with E-state index in [9.17, 15) is 9.59 Å². The number of aliphatic imine (C=N–C) groups is 1. The predicted octanol–water partition coefficient (Wildman–Crippen LogP) is 1.05. The van der Waals surface area contributed by atoms with Gasteiger partial charge in [-0.2, -0.15) is 0 Å². The molecule has 0 aromatic heterocycles. The normalized spacial score (nSPS) is 21.5. The molecule has 10 heteroatoms. The number of likely N-dealkylation sites (tertiary alicyclic amines) is 1. The van der Waals surface area contributed by atoms with Crippen LogP contribution in [0.1, 0.15) is 33.6 Å². The third kappa shape index (κ3) is 6.68. The summed E-state index contributed by atoms with van der Waals surface area (Å²) in [5.41, 5.74) is 12.3. The molecule has 0 radical (unpaired) electrons. The summed E-state index contributed by atoms with van der Waals surface area (Å²) in [6.45, 7) is 10.9. The van der Waals surface area contributed by atoms with E-state index in [1.807, 2.05) is 24.3 Å². The molecule has 2 aliphatic heterocycles. The van der Waals surface area contributed by atoms with Crippen molar-refractivity contribution in [3.05, 3.63) is 36.5 Å². The summed E-state index contributed by atoms with van der Waals surface area (Å²) in [7, 11) is 0. The van der Waals surface area contributed by atoms with Gasteiger partial charge in [0.25, 0.3) is 0 Å². The Kier molecular flexibility index (Phi) is 8.20. The van der Waals surface area contributed by atoms with Crippen molar-refractivity contribution >= 4 is 23.8 Å². The second kappa shape index (κ2) is 11.2. The number of hydrogen-bond donors (Lipinski definition) is 3. The van der Waals surface area contributed by atoms with E-state index in [1.54, 1.807) is 31.0 Å². The zero-order valence-electron chi connectivity index (χ0n) is 22.2. The fourth-order valence-electron chi connectivity index (χ4n) is 5.43. The second-order valence-electron chi connectivity index (χ2n) is 11.3. The van der Waals surface area contributed by atoms with Crippen LogP contribution < -0.4 is 21.5 Å². The average Bonchev–Trinajstić information content (AvgIpc) is 2.83. The average molecular weight is 512 g/mol. The molecule has 3 aliphatic rings. The van der Waals surface area contributed by atoms with Crippen molar-refractivity contribution in [1.82, 2.24) is 20.0 Å². The van der Waals surface area contributed by atoms with Crippen molar-refractivity contribution in [3.63, 3.8) is 0 Å². The number of carbonyl (C=O) groups is 2. The molecule has 1 atom stereocenters. The zero-order valence-corrected chi connectivity index (χ0v) is 22.2. The Morgan fingerprint density at radius 2 is 1.81 bits per heavy atom. The van der Waals surface area contributed by atoms with Crippen LogP contribution in [0.25, 0.3) is 0 Å². The van der Waals surface area contributed by atoms with Crippen LogP contribution in [0.4, 0.5) is 5.69 Å². The lowest BCUT2D eigenvalue weighted by molar-refractivity contribution is -0.137. The Morgan fingerprint density at radius 3 is 2.38 bits per heavy atom. The van der Waals surface area contributed by atoms with Gasteiger partial charge in [0.2, 0.25) is 12.3 Å². The molecule has 1 aromatic rings. The van der Waals surface area contributed by atoms with Crippen LogP contribution in [-0.2, 0) is 9.59 Å². The van der Waals surface area contributed by atoms with E-state index in [2.05, 4.69) is 22.0 Å². The monoisotopic (exact) mass is 511 g/mol. The van der Waals surface area contributed by atoms with Crippen molar-refractivity contribution in [2.45, 2.75) is 51.2 Å². The Labute approximate surface area is 219 Å². The summed E-state index contributed by atoms with van der Waals surface area (Å²) >= 11 is 0. The van der Waals surface area contributed by atoms with Gasteiger partial charge in [0.1, 0.15) is 18.2 Å². The predicted molar refractivity (Wildman–Crippen MR) is 144 cm³/mol. The molecule has 0 bridgehead atoms. The molecule has 202 valence electrons. The number of carbonyl (C=O) groups excluding carboxylic acids is 2. The highest BCUT2D eigenvalue weighted by Gasteiger charge is 2.51. The van der Waals surface area contributed by atoms with Crippen LogP contribution >= 0.6 is 0 Å². The molecule has 5 N–H and O–H groups in total. The summed E-state index contributed by atoms with van der Waals surface area (Å²) in [6.07, 6.45) is 6.24. The van der Waals surface area contributed by atoms with Crippen LogP contribution in [-0.4, -0.2) is 96.4 Å². The minimum Gasteiger partial charge on any atom is -0.492 e. The third-order valence-corrected chi connectivity index (χ3v) is 7.50. The van der Waals surface area contributed by atoms with Gasteiger partial charge in [0.15, 0.2) is 0 Å². The van der Waals surface area contributed by atoms with Crippen LogP contribution in [0.2, 0.25) is 0 Å². The summed E-state index contributed by atoms with van der Waals surface area (Å²) in [5.74, 6) is 1.45. The van der Waals surface area contributed by atoms with Crippen LogP contribution in [0, 0.1) is 5.41 Å². The van der Waals surface area contributed by atoms with Crippen molar-refractivity contribution in [3.8, 4) is 5.75 Å². The number of benzene rings is 1. The Hall–Kier alpha value is -2.95. The number of nitrogens with one attached hydrogen (secondary N) is 1. The number of amidine groups is 1. The van der Waals surface area contributed by atoms with Crippen molar-refractivity contribution in [2.24, 2.45) is 21.9 Å². The van der Waals surface area contributed by atoms with Gasteiger partial charge in [0, 0.05) is 57.6 Å². The number of ether oxygens (including phenoxy) is 1. The lowest BCUT2D eigenvalue weighted by Crippen LogP contribution is -2.67. The van der Waals surface area contributed by atoms with Gasteiger partial charge < -0.3 is 31.3 Å². The van der Waals surface area contributed by atoms with E-state index in [1.165, 1.54) is 0 Å². The van der Waals surface area contributed by atoms with Gasteiger partial charge in [-0.3, -0.25) is 14.5 Å². The maximum atomic E-state index is 12.5. The quantitative estimate of drug-likeness (QED) is 0.257. The molecule has 2 amide bonds. The van der Waals surface area contributed by atoms with E-state index in [0.717, 1.165) is 37.4 Å². The standard InChI is InChI=1S/C27H41N7O3/c1-20(34-17-27(18-34)14-21(28)15-27)16-37-23-6-4-22(5-7-23)31-24(8-9-30-19-35)32-10-12-33(13-11-32)25(36)26(2,3)29/h4-9,19-21H,10-18,28-29H2,1-3H3,(H,30,35)/b9-8-,31-24+. The number of amides is 2. The molecule has 37 heavy (non-hydrogen) atoms. The molecule has 2 heterocycles. The highest BCUT2D eigenvalue weighted by Crippen LogP contribution is 2.48. The number of hydrogen-bond acceptors (Lipinski definition) is 7. The minimum absolute atomic E-state index is 0.0606. The Morgan fingerprint density at radius 1 is 1.19 bits per heavy atom. The molecule has 3 fully saturated rings. The Balaban J connectivity index is 1.32. The van der Waals surface area contributed by atoms with Gasteiger partial charge in [-0.25, -0.2) is 4.99 Å². The largest absolute Gasteiger partial charge is 0.492 e. The van der Waals surface area contributed by atoms with Gasteiger partial charge in [-0.15, -0.1) is 0 Å². The highest BCUT2D eigenvalue weighted by molar-refractivity contribution is 5.95. The Bertz CT molecular complexity index is 996. The topological polar surface area (TPSA) is 130 Å². The first kappa shape index (κ1) is 27.1. The highest BCUT2D eigenvalue weighted by atomic mass is 16.5. The first-order chi connectivity index (χ1) is 17.6. The summed E-state index contributed by atoms with van der Waals surface area (Å²) in [4.78, 5) is 34.4. The van der Waals surface area contributed by atoms with E-state index >= 15 is 0 Å². The number of nitrogens with zero attached hydrogens (tertiary/aromatic N) is 4. The first-order valence-electron chi connectivity index (χ1n) is 13.1. The summed E-state index contributed by atoms with van der Waals surface area (Å²) < 4.78 is 6.05. The second-order valence-corrected chi connectivity index (χ2v) is 11.3. The fraction of sp³-hybridized carbons (Fsp3) is 0.593. The smallest absolute Gasteiger partial charge is 0.242 e. The van der Waals surface area contributed by atoms with Crippen LogP contribution in [0.5, 0.6) is 5.75 Å². The summed E-state index contributed by atoms with van der Waals surface area (Å²) in [6, 6.07) is 8.46. The fourth-order valence-corrected chi connectivity index (χ4v) is 5.43. The van der Waals surface area contributed by atoms with Gasteiger partial charge >= 0.3 is 0 Å². The van der Waals surface area contributed by atoms with E-state index in [-0.39, 0.29) is 5.91 Å². The molecule has 1 spiro atoms. The first-order valence-corrected chi connectivity index (χ1v) is 13.1. The van der Waals surface area contributed by atoms with Gasteiger partial charge in [0.05, 0.1) is 11.2 Å². The molecule has 1 saturated carbocycles. The molecule has 1 unspecified atom stereocenters. The maximum absolute atomic E-state index is 12.5. The van der Waals surface area contributed by atoms with Crippen molar-refractivity contribution < 1.29 is 14.3 Å². The number of rotatable bonds is 9. The van der Waals surface area contributed by atoms with E-state index < -0.39 is 5.54 Å². The lowest BCUT2D eigenvalue weighted by Gasteiger charge is -2.60. The molecular weight excluding hydrogens is 470 g/mol. The van der Waals surface area contributed by atoms with E-state index in [4.69, 9.17) is 21.2 Å². The van der Waals surface area contributed by atoms with Crippen molar-refractivity contribution in [2.75, 3.05) is 45.9 Å². The van der Waals surface area contributed by atoms with Gasteiger partial charge in [-0.1, -0.05) is 0 Å². The number of nitrogens with two attached hydrogens (primary N) is 2. The molecule has 1 aliphatic carbocycles. The van der Waals surface area contributed by atoms with Gasteiger partial charge in [-0.05, 0) is 69.4 Å². The molecule has 1 aromatic carbocycles. The van der Waals surface area contributed by atoms with Crippen LogP contribution in [0.15, 0.2) is 41.5 Å². The zero-order chi connectivity index (χ0) is 26.6. The van der Waals surface area contributed by atoms with Crippen molar-refractivity contribution in [1.29, 1.82) is 0 Å². The van der Waals surface area contributed by atoms with Crippen LogP contribution in [0.3, 0.4) is 0 Å². The molecule has 10 nitrogen and oxygen atoms in total. The lowest BCUT2D eigenvalue weighted by atomic mass is 9.60. The van der Waals surface area contributed by atoms with E-state index in [0.29, 0.717) is 62.5 Å². The SMILES string of the molecule is CC(COc1ccc(/N=C(\C=C/NC=O)N2CCN(C(=O)C(C)(C)N)CC2)cc1)N1CC2(CC(N)C2)C1.